The predicted octanol–water partition coefficient (Wildman–Crippen LogP) is 3.23. The standard InChI is InChI=1S/C16H11Br2N3O4/c1-8(22)5-13(23)20-21-15(12-3-2-4-25-12)19-14-10(16(21)24)6-9(17)7-11(14)18/h2-4,6-7H,5H2,1H3,(H,20,23). The molecule has 25 heavy (non-hydrogen) atoms. The van der Waals surface area contributed by atoms with Crippen LogP contribution in [-0.4, -0.2) is 21.4 Å². The first-order chi connectivity index (χ1) is 11.9. The summed E-state index contributed by atoms with van der Waals surface area (Å²) in [6.07, 6.45) is 1.09. The molecule has 1 amide bonds. The van der Waals surface area contributed by atoms with Crippen LogP contribution in [0.1, 0.15) is 13.3 Å². The number of furan rings is 1. The number of amides is 1. The van der Waals surface area contributed by atoms with Crippen molar-refractivity contribution in [3.8, 4) is 11.6 Å². The summed E-state index contributed by atoms with van der Waals surface area (Å²) in [6, 6.07) is 6.63. The molecule has 0 spiro atoms. The molecule has 128 valence electrons. The number of carbonyl (C=O) groups excluding carboxylic acids is 2. The molecule has 0 saturated carbocycles. The minimum absolute atomic E-state index is 0.127. The van der Waals surface area contributed by atoms with Gasteiger partial charge in [0.2, 0.25) is 5.91 Å². The third-order valence-corrected chi connectivity index (χ3v) is 4.34. The number of nitrogens with zero attached hydrogens (tertiary/aromatic N) is 2. The van der Waals surface area contributed by atoms with E-state index in [9.17, 15) is 14.4 Å². The van der Waals surface area contributed by atoms with Crippen molar-refractivity contribution >= 4 is 54.5 Å². The van der Waals surface area contributed by atoms with Crippen molar-refractivity contribution in [3.63, 3.8) is 0 Å². The molecule has 0 radical (unpaired) electrons. The average Bonchev–Trinajstić information content (AvgIpc) is 3.04. The number of Topliss-reactive ketones (excluding diaryl/α,β-unsaturated/α-hetero) is 1. The van der Waals surface area contributed by atoms with E-state index in [0.717, 1.165) is 4.68 Å². The summed E-state index contributed by atoms with van der Waals surface area (Å²) >= 11 is 6.71. The van der Waals surface area contributed by atoms with Gasteiger partial charge in [0.05, 0.1) is 23.6 Å². The Morgan fingerprint density at radius 1 is 1.32 bits per heavy atom. The van der Waals surface area contributed by atoms with Gasteiger partial charge in [-0.2, -0.15) is 4.68 Å². The maximum atomic E-state index is 12.9. The normalized spacial score (nSPS) is 10.8. The number of benzene rings is 1. The molecule has 1 N–H and O–H groups in total. The van der Waals surface area contributed by atoms with Crippen LogP contribution in [0.5, 0.6) is 0 Å². The van der Waals surface area contributed by atoms with Crippen LogP contribution in [0.25, 0.3) is 22.5 Å². The molecule has 0 saturated heterocycles. The van der Waals surface area contributed by atoms with Crippen LogP contribution in [-0.2, 0) is 9.59 Å². The van der Waals surface area contributed by atoms with Crippen LogP contribution in [0.15, 0.2) is 48.7 Å². The van der Waals surface area contributed by atoms with Gasteiger partial charge in [-0.3, -0.25) is 19.8 Å². The molecule has 0 fully saturated rings. The van der Waals surface area contributed by atoms with Crippen LogP contribution < -0.4 is 11.0 Å². The molecule has 0 aliphatic rings. The van der Waals surface area contributed by atoms with Crippen molar-refractivity contribution in [2.45, 2.75) is 13.3 Å². The minimum atomic E-state index is -0.613. The van der Waals surface area contributed by atoms with E-state index in [-0.39, 0.29) is 18.0 Å². The molecule has 1 aromatic carbocycles. The van der Waals surface area contributed by atoms with Gasteiger partial charge >= 0.3 is 0 Å². The predicted molar refractivity (Wildman–Crippen MR) is 98.8 cm³/mol. The summed E-state index contributed by atoms with van der Waals surface area (Å²) < 4.78 is 7.61. The second-order valence-corrected chi connectivity index (χ2v) is 7.02. The van der Waals surface area contributed by atoms with Crippen molar-refractivity contribution in [1.82, 2.24) is 9.66 Å². The van der Waals surface area contributed by atoms with Gasteiger partial charge in [0.1, 0.15) is 5.78 Å². The Kier molecular flexibility index (Phi) is 4.87. The lowest BCUT2D eigenvalue weighted by Gasteiger charge is -2.13. The lowest BCUT2D eigenvalue weighted by atomic mass is 10.2. The molecule has 3 rings (SSSR count). The maximum absolute atomic E-state index is 12.9. The molecule has 0 atom stereocenters. The molecule has 3 aromatic rings. The number of fused-ring (bicyclic) bond motifs is 1. The molecule has 2 aromatic heterocycles. The quantitative estimate of drug-likeness (QED) is 0.593. The summed E-state index contributed by atoms with van der Waals surface area (Å²) in [6.45, 7) is 1.29. The second-order valence-electron chi connectivity index (χ2n) is 5.25. The monoisotopic (exact) mass is 467 g/mol. The van der Waals surface area contributed by atoms with Crippen molar-refractivity contribution < 1.29 is 14.0 Å². The third kappa shape index (κ3) is 3.57. The van der Waals surface area contributed by atoms with Gasteiger partial charge in [-0.1, -0.05) is 15.9 Å². The van der Waals surface area contributed by atoms with Crippen molar-refractivity contribution in [1.29, 1.82) is 0 Å². The lowest BCUT2D eigenvalue weighted by Crippen LogP contribution is -2.35. The molecule has 0 aliphatic carbocycles. The average molecular weight is 469 g/mol. The van der Waals surface area contributed by atoms with Gasteiger partial charge in [0, 0.05) is 8.95 Å². The van der Waals surface area contributed by atoms with Gasteiger partial charge in [0.15, 0.2) is 11.6 Å². The minimum Gasteiger partial charge on any atom is -0.461 e. The van der Waals surface area contributed by atoms with Gasteiger partial charge in [0.25, 0.3) is 5.56 Å². The fraction of sp³-hybridized carbons (Fsp3) is 0.125. The highest BCUT2D eigenvalue weighted by Gasteiger charge is 2.19. The van der Waals surface area contributed by atoms with E-state index in [0.29, 0.717) is 25.6 Å². The third-order valence-electron chi connectivity index (χ3n) is 3.28. The topological polar surface area (TPSA) is 94.2 Å². The van der Waals surface area contributed by atoms with Gasteiger partial charge in [-0.15, -0.1) is 0 Å². The number of rotatable bonds is 4. The number of hydrogen-bond acceptors (Lipinski definition) is 5. The van der Waals surface area contributed by atoms with E-state index in [1.807, 2.05) is 0 Å². The van der Waals surface area contributed by atoms with Crippen LogP contribution in [0, 0.1) is 0 Å². The molecule has 0 unspecified atom stereocenters. The first-order valence-corrected chi connectivity index (χ1v) is 8.70. The Labute approximate surface area is 158 Å². The lowest BCUT2D eigenvalue weighted by molar-refractivity contribution is -0.124. The van der Waals surface area contributed by atoms with Crippen molar-refractivity contribution in [2.75, 3.05) is 5.43 Å². The van der Waals surface area contributed by atoms with Crippen molar-refractivity contribution in [3.05, 3.63) is 49.8 Å². The Hall–Kier alpha value is -2.26. The smallest absolute Gasteiger partial charge is 0.280 e. The fourth-order valence-electron chi connectivity index (χ4n) is 2.28. The number of hydrogen-bond donors (Lipinski definition) is 1. The van der Waals surface area contributed by atoms with Gasteiger partial charge in [-0.25, -0.2) is 4.98 Å². The largest absolute Gasteiger partial charge is 0.461 e. The summed E-state index contributed by atoms with van der Waals surface area (Å²) in [7, 11) is 0. The highest BCUT2D eigenvalue weighted by atomic mass is 79.9. The summed E-state index contributed by atoms with van der Waals surface area (Å²) in [5.41, 5.74) is 2.36. The molecular formula is C16H11Br2N3O4. The van der Waals surface area contributed by atoms with Gasteiger partial charge in [-0.05, 0) is 47.1 Å². The van der Waals surface area contributed by atoms with E-state index in [1.165, 1.54) is 13.2 Å². The summed E-state index contributed by atoms with van der Waals surface area (Å²) in [5, 5.41) is 0.291. The van der Waals surface area contributed by atoms with Crippen LogP contribution in [0.2, 0.25) is 0 Å². The zero-order chi connectivity index (χ0) is 18.1. The molecule has 0 bridgehead atoms. The zero-order valence-corrected chi connectivity index (χ0v) is 16.0. The van der Waals surface area contributed by atoms with E-state index in [4.69, 9.17) is 4.42 Å². The van der Waals surface area contributed by atoms with E-state index in [2.05, 4.69) is 42.3 Å². The first kappa shape index (κ1) is 17.6. The summed E-state index contributed by atoms with van der Waals surface area (Å²) in [4.78, 5) is 40.5. The Bertz CT molecular complexity index is 1040. The number of nitrogens with one attached hydrogen (secondary N) is 1. The Morgan fingerprint density at radius 3 is 2.72 bits per heavy atom. The van der Waals surface area contributed by atoms with Crippen molar-refractivity contribution in [2.24, 2.45) is 0 Å². The number of ketones is 1. The number of carbonyl (C=O) groups is 2. The highest BCUT2D eigenvalue weighted by Crippen LogP contribution is 2.27. The molecule has 9 heteroatoms. The first-order valence-electron chi connectivity index (χ1n) is 7.12. The van der Waals surface area contributed by atoms with Crippen LogP contribution in [0.3, 0.4) is 0 Å². The molecular weight excluding hydrogens is 458 g/mol. The van der Waals surface area contributed by atoms with E-state index >= 15 is 0 Å². The van der Waals surface area contributed by atoms with Crippen LogP contribution in [0.4, 0.5) is 0 Å². The van der Waals surface area contributed by atoms with E-state index < -0.39 is 11.5 Å². The Balaban J connectivity index is 2.27. The summed E-state index contributed by atoms with van der Waals surface area (Å²) in [5.74, 6) is -0.499. The number of halogens is 2. The molecule has 2 heterocycles. The van der Waals surface area contributed by atoms with Gasteiger partial charge < -0.3 is 4.42 Å². The van der Waals surface area contributed by atoms with E-state index in [1.54, 1.807) is 24.3 Å². The fourth-order valence-corrected chi connectivity index (χ4v) is 3.59. The molecule has 0 aliphatic heterocycles. The Morgan fingerprint density at radius 2 is 2.08 bits per heavy atom. The molecule has 7 nitrogen and oxygen atoms in total. The highest BCUT2D eigenvalue weighted by molar-refractivity contribution is 9.11. The number of aromatic nitrogens is 2. The second kappa shape index (κ2) is 6.93. The SMILES string of the molecule is CC(=O)CC(=O)Nn1c(-c2ccco2)nc2c(Br)cc(Br)cc2c1=O. The zero-order valence-electron chi connectivity index (χ0n) is 12.9. The van der Waals surface area contributed by atoms with Crippen LogP contribution >= 0.6 is 31.9 Å². The maximum Gasteiger partial charge on any atom is 0.280 e.